The fraction of sp³-hybridized carbons (Fsp3) is 0.519. The zero-order valence-corrected chi connectivity index (χ0v) is 22.8. The van der Waals surface area contributed by atoms with Crippen molar-refractivity contribution in [3.63, 3.8) is 0 Å². The van der Waals surface area contributed by atoms with Crippen molar-refractivity contribution in [3.05, 3.63) is 71.2 Å². The lowest BCUT2D eigenvalue weighted by Gasteiger charge is -2.42. The van der Waals surface area contributed by atoms with E-state index in [9.17, 15) is 4.39 Å². The van der Waals surface area contributed by atoms with E-state index in [-0.39, 0.29) is 36.7 Å². The Hall–Kier alpha value is -2.22. The topological polar surface area (TPSA) is 50.1 Å². The molecule has 1 aliphatic carbocycles. The molecule has 0 radical (unpaired) electrons. The highest BCUT2D eigenvalue weighted by Crippen LogP contribution is 2.31. The van der Waals surface area contributed by atoms with Crippen LogP contribution in [0.5, 0.6) is 0 Å². The van der Waals surface area contributed by atoms with Crippen molar-refractivity contribution in [3.8, 4) is 0 Å². The van der Waals surface area contributed by atoms with Gasteiger partial charge < -0.3 is 4.90 Å². The van der Waals surface area contributed by atoms with E-state index in [1.807, 2.05) is 18.3 Å². The zero-order valence-electron chi connectivity index (χ0n) is 21.1. The number of hydrogen-bond donors (Lipinski definition) is 0. The van der Waals surface area contributed by atoms with E-state index in [2.05, 4.69) is 38.3 Å². The van der Waals surface area contributed by atoms with Crippen molar-refractivity contribution in [2.75, 3.05) is 24.5 Å². The second kappa shape index (κ2) is 12.8. The van der Waals surface area contributed by atoms with Crippen LogP contribution in [-0.4, -0.2) is 44.3 Å². The maximum Gasteiger partial charge on any atom is 0.147 e. The normalized spacial score (nSPS) is 19.0. The molecule has 0 N–H and O–H groups in total. The highest BCUT2D eigenvalue weighted by molar-refractivity contribution is 5.85. The molecular weight excluding hydrogens is 498 g/mol. The molecule has 1 aromatic carbocycles. The highest BCUT2D eigenvalue weighted by atomic mass is 35.5. The Kier molecular flexibility index (Phi) is 10.1. The van der Waals surface area contributed by atoms with Gasteiger partial charge in [-0.05, 0) is 50.3 Å². The molecule has 0 spiro atoms. The van der Waals surface area contributed by atoms with Crippen molar-refractivity contribution in [1.29, 1.82) is 0 Å². The lowest BCUT2D eigenvalue weighted by Crippen LogP contribution is -2.48. The Morgan fingerprint density at radius 3 is 2.42 bits per heavy atom. The van der Waals surface area contributed by atoms with Crippen LogP contribution < -0.4 is 4.90 Å². The third-order valence-electron chi connectivity index (χ3n) is 7.67. The summed E-state index contributed by atoms with van der Waals surface area (Å²) in [6.45, 7) is 8.81. The summed E-state index contributed by atoms with van der Waals surface area (Å²) in [5, 5.41) is 4.95. The monoisotopic (exact) mass is 534 g/mol. The quantitative estimate of drug-likeness (QED) is 0.393. The van der Waals surface area contributed by atoms with Crippen molar-refractivity contribution in [2.45, 2.75) is 65.1 Å². The van der Waals surface area contributed by atoms with Gasteiger partial charge in [0.25, 0.3) is 0 Å². The fourth-order valence-electron chi connectivity index (χ4n) is 5.63. The van der Waals surface area contributed by atoms with Gasteiger partial charge >= 0.3 is 0 Å². The molecule has 2 aliphatic rings. The van der Waals surface area contributed by atoms with Crippen LogP contribution in [0, 0.1) is 25.6 Å². The summed E-state index contributed by atoms with van der Waals surface area (Å²) in [6.07, 6.45) is 12.0. The van der Waals surface area contributed by atoms with Crippen molar-refractivity contribution in [2.24, 2.45) is 5.92 Å². The van der Waals surface area contributed by atoms with Crippen molar-refractivity contribution < 1.29 is 4.39 Å². The number of rotatable bonds is 6. The summed E-state index contributed by atoms with van der Waals surface area (Å²) in [4.78, 5) is 13.6. The number of nitrogens with zero attached hydrogens (tertiary/aromatic N) is 6. The van der Waals surface area contributed by atoms with E-state index < -0.39 is 0 Å². The Morgan fingerprint density at radius 1 is 0.972 bits per heavy atom. The van der Waals surface area contributed by atoms with Crippen molar-refractivity contribution in [1.82, 2.24) is 24.6 Å². The Bertz CT molecular complexity index is 1090. The SMILES string of the molecule is Cc1nn(CC2CCCCC2)c(C)c1CN1CCN(c2cnccn2)CC1c1ccc(F)cc1.Cl.Cl. The van der Waals surface area contributed by atoms with Crippen LogP contribution in [0.4, 0.5) is 10.2 Å². The first kappa shape index (κ1) is 28.4. The van der Waals surface area contributed by atoms with E-state index in [4.69, 9.17) is 5.10 Å². The van der Waals surface area contributed by atoms with Gasteiger partial charge in [0.05, 0.1) is 17.9 Å². The number of aromatic nitrogens is 4. The van der Waals surface area contributed by atoms with Gasteiger partial charge in [-0.3, -0.25) is 14.6 Å². The molecule has 1 unspecified atom stereocenters. The predicted molar refractivity (Wildman–Crippen MR) is 147 cm³/mol. The second-order valence-electron chi connectivity index (χ2n) is 9.88. The molecule has 3 heterocycles. The van der Waals surface area contributed by atoms with Crippen molar-refractivity contribution >= 4 is 30.6 Å². The molecule has 1 saturated carbocycles. The van der Waals surface area contributed by atoms with Crippen LogP contribution in [0.3, 0.4) is 0 Å². The molecule has 9 heteroatoms. The second-order valence-corrected chi connectivity index (χ2v) is 9.88. The highest BCUT2D eigenvalue weighted by Gasteiger charge is 2.30. The summed E-state index contributed by atoms with van der Waals surface area (Å²) in [6, 6.07) is 7.09. The molecule has 1 aliphatic heterocycles. The van der Waals surface area contributed by atoms with Gasteiger partial charge in [0.15, 0.2) is 0 Å². The minimum Gasteiger partial charge on any atom is -0.352 e. The molecule has 0 amide bonds. The Balaban J connectivity index is 0.00000180. The standard InChI is InChI=1S/C27H35FN6.2ClH/c1-20-25(21(2)34(31-20)17-22-6-4-3-5-7-22)18-32-14-15-33(27-16-29-12-13-30-27)19-26(32)23-8-10-24(28)11-9-23;;/h8-13,16,22,26H,3-7,14-15,17-19H2,1-2H3;2*1H. The number of benzene rings is 1. The number of aryl methyl sites for hydroxylation is 1. The summed E-state index contributed by atoms with van der Waals surface area (Å²) in [5.41, 5.74) is 4.87. The van der Waals surface area contributed by atoms with Crippen LogP contribution in [-0.2, 0) is 13.1 Å². The first-order valence-corrected chi connectivity index (χ1v) is 12.6. The van der Waals surface area contributed by atoms with Crippen LogP contribution >= 0.6 is 24.8 Å². The maximum absolute atomic E-state index is 13.7. The molecule has 2 aromatic heterocycles. The minimum atomic E-state index is -0.201. The summed E-state index contributed by atoms with van der Waals surface area (Å²) in [7, 11) is 0. The lowest BCUT2D eigenvalue weighted by atomic mass is 9.89. The Morgan fingerprint density at radius 2 is 1.72 bits per heavy atom. The minimum absolute atomic E-state index is 0. The molecular formula is C27H37Cl2FN6. The molecule has 3 aromatic rings. The molecule has 2 fully saturated rings. The Labute approximate surface area is 226 Å². The van der Waals surface area contributed by atoms with E-state index in [1.165, 1.54) is 43.4 Å². The van der Waals surface area contributed by atoms with E-state index in [0.717, 1.165) is 55.7 Å². The summed E-state index contributed by atoms with van der Waals surface area (Å²) < 4.78 is 15.9. The molecule has 196 valence electrons. The van der Waals surface area contributed by atoms with E-state index in [1.54, 1.807) is 24.5 Å². The van der Waals surface area contributed by atoms with E-state index >= 15 is 0 Å². The van der Waals surface area contributed by atoms with Gasteiger partial charge in [0, 0.05) is 56.4 Å². The van der Waals surface area contributed by atoms with Gasteiger partial charge in [-0.25, -0.2) is 9.37 Å². The molecule has 1 saturated heterocycles. The number of piperazine rings is 1. The van der Waals surface area contributed by atoms with E-state index in [0.29, 0.717) is 0 Å². The zero-order chi connectivity index (χ0) is 23.5. The van der Waals surface area contributed by atoms with Crippen LogP contribution in [0.25, 0.3) is 0 Å². The average Bonchev–Trinajstić information content (AvgIpc) is 3.13. The number of halogens is 3. The predicted octanol–water partition coefficient (Wildman–Crippen LogP) is 5.92. The summed E-state index contributed by atoms with van der Waals surface area (Å²) in [5.74, 6) is 1.44. The molecule has 0 bridgehead atoms. The van der Waals surface area contributed by atoms with Gasteiger partial charge in [0.2, 0.25) is 0 Å². The molecule has 36 heavy (non-hydrogen) atoms. The average molecular weight is 536 g/mol. The van der Waals surface area contributed by atoms with Crippen LogP contribution in [0.1, 0.15) is 60.7 Å². The molecule has 5 rings (SSSR count). The fourth-order valence-corrected chi connectivity index (χ4v) is 5.63. The van der Waals surface area contributed by atoms with Crippen LogP contribution in [0.15, 0.2) is 42.9 Å². The molecule has 1 atom stereocenters. The first-order chi connectivity index (χ1) is 16.6. The van der Waals surface area contributed by atoms with Gasteiger partial charge in [-0.1, -0.05) is 31.4 Å². The molecule has 6 nitrogen and oxygen atoms in total. The number of anilines is 1. The van der Waals surface area contributed by atoms with Gasteiger partial charge in [-0.2, -0.15) is 5.10 Å². The largest absolute Gasteiger partial charge is 0.352 e. The third-order valence-corrected chi connectivity index (χ3v) is 7.67. The van der Waals surface area contributed by atoms with Crippen LogP contribution in [0.2, 0.25) is 0 Å². The number of hydrogen-bond acceptors (Lipinski definition) is 5. The lowest BCUT2D eigenvalue weighted by molar-refractivity contribution is 0.167. The smallest absolute Gasteiger partial charge is 0.147 e. The van der Waals surface area contributed by atoms with Gasteiger partial charge in [-0.15, -0.1) is 24.8 Å². The first-order valence-electron chi connectivity index (χ1n) is 12.6. The van der Waals surface area contributed by atoms with Gasteiger partial charge in [0.1, 0.15) is 11.6 Å². The maximum atomic E-state index is 13.7. The third kappa shape index (κ3) is 6.36. The summed E-state index contributed by atoms with van der Waals surface area (Å²) >= 11 is 0.